The third-order valence-electron chi connectivity index (χ3n) is 3.47. The molecule has 0 aliphatic carbocycles. The van der Waals surface area contributed by atoms with Gasteiger partial charge in [0.15, 0.2) is 0 Å². The molecule has 0 bridgehead atoms. The summed E-state index contributed by atoms with van der Waals surface area (Å²) in [6.45, 7) is 3.48. The number of carbonyl (C=O) groups excluding carboxylic acids is 1. The van der Waals surface area contributed by atoms with Crippen LogP contribution >= 0.6 is 11.6 Å². The van der Waals surface area contributed by atoms with E-state index in [0.717, 1.165) is 24.8 Å². The Labute approximate surface area is 142 Å². The third-order valence-corrected chi connectivity index (χ3v) is 3.73. The minimum Gasteiger partial charge on any atom is -0.366 e. The van der Waals surface area contributed by atoms with Crippen LogP contribution in [0.1, 0.15) is 42.1 Å². The van der Waals surface area contributed by atoms with Crippen LogP contribution in [0.15, 0.2) is 42.6 Å². The van der Waals surface area contributed by atoms with Gasteiger partial charge in [-0.15, -0.1) is 0 Å². The number of nitrogens with zero attached hydrogens (tertiary/aromatic N) is 1. The zero-order valence-electron chi connectivity index (χ0n) is 13.3. The molecule has 0 saturated carbocycles. The zero-order valence-corrected chi connectivity index (χ0v) is 14.1. The maximum absolute atomic E-state index is 12.1. The standard InChI is InChI=1S/C18H22ClN3O/c1-2-3-4-10-21-18(23)15-9-11-20-17(12-15)22-13-14-5-7-16(19)8-6-14/h5-9,11-12H,2-4,10,13H2,1H3,(H,20,22)(H,21,23). The Morgan fingerprint density at radius 2 is 1.96 bits per heavy atom. The minimum atomic E-state index is -0.0574. The molecule has 2 aromatic rings. The summed E-state index contributed by atoms with van der Waals surface area (Å²) in [5, 5.41) is 6.87. The van der Waals surface area contributed by atoms with Crippen LogP contribution in [0.5, 0.6) is 0 Å². The minimum absolute atomic E-state index is 0.0574. The Bertz CT molecular complexity index is 628. The van der Waals surface area contributed by atoms with Gasteiger partial charge < -0.3 is 10.6 Å². The molecule has 1 amide bonds. The second-order valence-corrected chi connectivity index (χ2v) is 5.81. The van der Waals surface area contributed by atoms with Gasteiger partial charge in [-0.2, -0.15) is 0 Å². The number of nitrogens with one attached hydrogen (secondary N) is 2. The fourth-order valence-corrected chi connectivity index (χ4v) is 2.27. The van der Waals surface area contributed by atoms with E-state index in [4.69, 9.17) is 11.6 Å². The molecule has 5 heteroatoms. The number of benzene rings is 1. The molecule has 2 rings (SSSR count). The second-order valence-electron chi connectivity index (χ2n) is 5.37. The molecule has 0 spiro atoms. The lowest BCUT2D eigenvalue weighted by atomic mass is 10.2. The number of hydrogen-bond donors (Lipinski definition) is 2. The van der Waals surface area contributed by atoms with E-state index in [9.17, 15) is 4.79 Å². The van der Waals surface area contributed by atoms with Crippen LogP contribution in [0.25, 0.3) is 0 Å². The van der Waals surface area contributed by atoms with Crippen LogP contribution < -0.4 is 10.6 Å². The molecule has 122 valence electrons. The predicted molar refractivity (Wildman–Crippen MR) is 94.9 cm³/mol. The van der Waals surface area contributed by atoms with E-state index in [-0.39, 0.29) is 5.91 Å². The molecule has 0 atom stereocenters. The summed E-state index contributed by atoms with van der Waals surface area (Å²) < 4.78 is 0. The molecule has 23 heavy (non-hydrogen) atoms. The molecule has 0 radical (unpaired) electrons. The van der Waals surface area contributed by atoms with Crippen molar-refractivity contribution in [3.8, 4) is 0 Å². The van der Waals surface area contributed by atoms with Gasteiger partial charge in [-0.05, 0) is 36.2 Å². The smallest absolute Gasteiger partial charge is 0.251 e. The largest absolute Gasteiger partial charge is 0.366 e. The molecule has 1 aromatic heterocycles. The van der Waals surface area contributed by atoms with Gasteiger partial charge in [-0.1, -0.05) is 43.5 Å². The molecule has 0 aliphatic heterocycles. The first-order valence-corrected chi connectivity index (χ1v) is 8.29. The van der Waals surface area contributed by atoms with E-state index in [2.05, 4.69) is 22.5 Å². The average molecular weight is 332 g/mol. The van der Waals surface area contributed by atoms with E-state index in [1.807, 2.05) is 24.3 Å². The number of carbonyl (C=O) groups is 1. The Hall–Kier alpha value is -2.07. The summed E-state index contributed by atoms with van der Waals surface area (Å²) in [6, 6.07) is 11.1. The van der Waals surface area contributed by atoms with Crippen molar-refractivity contribution >= 4 is 23.3 Å². The number of hydrogen-bond acceptors (Lipinski definition) is 3. The fourth-order valence-electron chi connectivity index (χ4n) is 2.14. The fraction of sp³-hybridized carbons (Fsp3) is 0.333. The molecular formula is C18H22ClN3O. The lowest BCUT2D eigenvalue weighted by molar-refractivity contribution is 0.0953. The topological polar surface area (TPSA) is 54.0 Å². The summed E-state index contributed by atoms with van der Waals surface area (Å²) in [4.78, 5) is 16.3. The van der Waals surface area contributed by atoms with E-state index < -0.39 is 0 Å². The Morgan fingerprint density at radius 1 is 1.17 bits per heavy atom. The van der Waals surface area contributed by atoms with Gasteiger partial charge >= 0.3 is 0 Å². The Morgan fingerprint density at radius 3 is 2.70 bits per heavy atom. The molecule has 1 heterocycles. The summed E-state index contributed by atoms with van der Waals surface area (Å²) in [5.41, 5.74) is 1.72. The van der Waals surface area contributed by atoms with Crippen molar-refractivity contribution in [2.24, 2.45) is 0 Å². The van der Waals surface area contributed by atoms with E-state index in [1.165, 1.54) is 0 Å². The van der Waals surface area contributed by atoms with Gasteiger partial charge in [-0.3, -0.25) is 4.79 Å². The van der Waals surface area contributed by atoms with Crippen molar-refractivity contribution in [2.45, 2.75) is 32.7 Å². The quantitative estimate of drug-likeness (QED) is 0.710. The zero-order chi connectivity index (χ0) is 16.5. The highest BCUT2D eigenvalue weighted by molar-refractivity contribution is 6.30. The maximum atomic E-state index is 12.1. The second kappa shape index (κ2) is 9.16. The van der Waals surface area contributed by atoms with Crippen molar-refractivity contribution in [2.75, 3.05) is 11.9 Å². The highest BCUT2D eigenvalue weighted by Gasteiger charge is 2.06. The Kier molecular flexibility index (Phi) is 6.88. The first-order chi connectivity index (χ1) is 11.2. The van der Waals surface area contributed by atoms with Crippen molar-refractivity contribution in [1.82, 2.24) is 10.3 Å². The number of pyridine rings is 1. The van der Waals surface area contributed by atoms with Crippen LogP contribution in [0.4, 0.5) is 5.82 Å². The molecule has 0 aliphatic rings. The van der Waals surface area contributed by atoms with E-state index in [1.54, 1.807) is 18.3 Å². The van der Waals surface area contributed by atoms with Gasteiger partial charge in [-0.25, -0.2) is 4.98 Å². The molecule has 0 saturated heterocycles. The third kappa shape index (κ3) is 5.91. The van der Waals surface area contributed by atoms with Gasteiger partial charge in [0.05, 0.1) is 0 Å². The molecule has 1 aromatic carbocycles. The number of anilines is 1. The van der Waals surface area contributed by atoms with Crippen molar-refractivity contribution in [3.63, 3.8) is 0 Å². The predicted octanol–water partition coefficient (Wildman–Crippen LogP) is 4.27. The van der Waals surface area contributed by atoms with Crippen molar-refractivity contribution < 1.29 is 4.79 Å². The average Bonchev–Trinajstić information content (AvgIpc) is 2.58. The van der Waals surface area contributed by atoms with Crippen LogP contribution in [0.3, 0.4) is 0 Å². The lowest BCUT2D eigenvalue weighted by Gasteiger charge is -2.08. The molecule has 0 unspecified atom stereocenters. The summed E-state index contributed by atoms with van der Waals surface area (Å²) >= 11 is 5.87. The molecule has 4 nitrogen and oxygen atoms in total. The molecule has 2 N–H and O–H groups in total. The van der Waals surface area contributed by atoms with Crippen LogP contribution in [-0.4, -0.2) is 17.4 Å². The number of unbranched alkanes of at least 4 members (excludes halogenated alkanes) is 2. The van der Waals surface area contributed by atoms with Gasteiger partial charge in [0.1, 0.15) is 5.82 Å². The number of amides is 1. The van der Waals surface area contributed by atoms with Gasteiger partial charge in [0.2, 0.25) is 0 Å². The van der Waals surface area contributed by atoms with Gasteiger partial charge in [0, 0.05) is 29.9 Å². The van der Waals surface area contributed by atoms with Gasteiger partial charge in [0.25, 0.3) is 5.91 Å². The highest BCUT2D eigenvalue weighted by atomic mass is 35.5. The summed E-state index contributed by atoms with van der Waals surface area (Å²) in [5.74, 6) is 0.624. The molecule has 0 fully saturated rings. The monoisotopic (exact) mass is 331 g/mol. The summed E-state index contributed by atoms with van der Waals surface area (Å²) in [6.07, 6.45) is 4.93. The van der Waals surface area contributed by atoms with Crippen molar-refractivity contribution in [3.05, 3.63) is 58.7 Å². The normalized spacial score (nSPS) is 10.3. The van der Waals surface area contributed by atoms with Crippen LogP contribution in [0.2, 0.25) is 5.02 Å². The highest BCUT2D eigenvalue weighted by Crippen LogP contribution is 2.12. The van der Waals surface area contributed by atoms with E-state index in [0.29, 0.717) is 29.5 Å². The SMILES string of the molecule is CCCCCNC(=O)c1ccnc(NCc2ccc(Cl)cc2)c1. The maximum Gasteiger partial charge on any atom is 0.251 e. The Balaban J connectivity index is 1.88. The first kappa shape index (κ1) is 17.3. The number of rotatable bonds is 8. The van der Waals surface area contributed by atoms with Crippen LogP contribution in [0, 0.1) is 0 Å². The lowest BCUT2D eigenvalue weighted by Crippen LogP contribution is -2.24. The van der Waals surface area contributed by atoms with Crippen molar-refractivity contribution in [1.29, 1.82) is 0 Å². The first-order valence-electron chi connectivity index (χ1n) is 7.91. The number of aromatic nitrogens is 1. The van der Waals surface area contributed by atoms with Crippen LogP contribution in [-0.2, 0) is 6.54 Å². The molecular weight excluding hydrogens is 310 g/mol. The number of halogens is 1. The summed E-state index contributed by atoms with van der Waals surface area (Å²) in [7, 11) is 0. The van der Waals surface area contributed by atoms with E-state index >= 15 is 0 Å².